The van der Waals surface area contributed by atoms with Crippen molar-refractivity contribution in [3.05, 3.63) is 54.1 Å². The van der Waals surface area contributed by atoms with Crippen LogP contribution in [0.4, 0.5) is 14.5 Å². The van der Waals surface area contributed by atoms with E-state index in [1.54, 1.807) is 30.0 Å². The number of alkyl halides is 2. The Morgan fingerprint density at radius 3 is 2.34 bits per heavy atom. The molecule has 172 valence electrons. The quantitative estimate of drug-likeness (QED) is 0.533. The van der Waals surface area contributed by atoms with E-state index in [-0.39, 0.29) is 17.4 Å². The van der Waals surface area contributed by atoms with Crippen molar-refractivity contribution in [2.75, 3.05) is 44.3 Å². The molecule has 2 aromatic rings. The van der Waals surface area contributed by atoms with Gasteiger partial charge in [-0.3, -0.25) is 4.79 Å². The second-order valence-electron chi connectivity index (χ2n) is 7.06. The Morgan fingerprint density at radius 2 is 1.66 bits per heavy atom. The minimum Gasteiger partial charge on any atom is -0.492 e. The van der Waals surface area contributed by atoms with Crippen LogP contribution >= 0.6 is 0 Å². The van der Waals surface area contributed by atoms with Gasteiger partial charge in [-0.05, 0) is 49.8 Å². The summed E-state index contributed by atoms with van der Waals surface area (Å²) >= 11 is 0. The molecule has 0 atom stereocenters. The first-order chi connectivity index (χ1) is 15.5. The van der Waals surface area contributed by atoms with Gasteiger partial charge >= 0.3 is 6.61 Å². The lowest BCUT2D eigenvalue weighted by Gasteiger charge is -2.36. The molecule has 0 aromatic heterocycles. The monoisotopic (exact) mass is 446 g/mol. The number of para-hydroxylation sites is 2. The average molecular weight is 446 g/mol. The lowest BCUT2D eigenvalue weighted by molar-refractivity contribution is -0.126. The molecule has 0 radical (unpaired) electrons. The van der Waals surface area contributed by atoms with Gasteiger partial charge in [0.15, 0.2) is 11.5 Å². The Hall–Kier alpha value is -3.29. The van der Waals surface area contributed by atoms with Crippen molar-refractivity contribution in [2.45, 2.75) is 20.5 Å². The minimum atomic E-state index is -2.93. The highest BCUT2D eigenvalue weighted by Gasteiger charge is 2.21. The van der Waals surface area contributed by atoms with Crippen LogP contribution in [0.15, 0.2) is 48.5 Å². The van der Waals surface area contributed by atoms with Gasteiger partial charge in [-0.25, -0.2) is 0 Å². The summed E-state index contributed by atoms with van der Waals surface area (Å²) in [5.41, 5.74) is 1.69. The molecule has 2 aromatic carbocycles. The number of benzene rings is 2. The predicted molar refractivity (Wildman–Crippen MR) is 120 cm³/mol. The molecular weight excluding hydrogens is 418 g/mol. The van der Waals surface area contributed by atoms with E-state index in [0.717, 1.165) is 11.4 Å². The number of hydrogen-bond donors (Lipinski definition) is 0. The summed E-state index contributed by atoms with van der Waals surface area (Å²) in [7, 11) is 0. The fraction of sp³-hybridized carbons (Fsp3) is 0.375. The highest BCUT2D eigenvalue weighted by molar-refractivity contribution is 5.92. The van der Waals surface area contributed by atoms with Crippen molar-refractivity contribution in [1.82, 2.24) is 4.90 Å². The van der Waals surface area contributed by atoms with Crippen LogP contribution < -0.4 is 19.1 Å². The van der Waals surface area contributed by atoms with Gasteiger partial charge in [0.2, 0.25) is 5.91 Å². The number of halogens is 2. The summed E-state index contributed by atoms with van der Waals surface area (Å²) < 4.78 is 40.7. The number of rotatable bonds is 9. The zero-order valence-corrected chi connectivity index (χ0v) is 18.3. The van der Waals surface area contributed by atoms with Crippen molar-refractivity contribution in [3.8, 4) is 17.2 Å². The summed E-state index contributed by atoms with van der Waals surface area (Å²) in [5.74, 6) is 0.922. The van der Waals surface area contributed by atoms with E-state index in [2.05, 4.69) is 9.64 Å². The summed E-state index contributed by atoms with van der Waals surface area (Å²) in [6, 6.07) is 12.5. The number of amides is 1. The van der Waals surface area contributed by atoms with E-state index in [1.807, 2.05) is 31.2 Å². The molecule has 1 heterocycles. The summed E-state index contributed by atoms with van der Waals surface area (Å²) in [6.45, 7) is 4.28. The van der Waals surface area contributed by atoms with Gasteiger partial charge in [0.25, 0.3) is 0 Å². The third-order valence-electron chi connectivity index (χ3n) is 5.00. The molecule has 0 spiro atoms. The molecule has 1 aliphatic rings. The maximum atomic E-state index is 12.6. The highest BCUT2D eigenvalue weighted by Crippen LogP contribution is 2.31. The Morgan fingerprint density at radius 1 is 0.969 bits per heavy atom. The lowest BCUT2D eigenvalue weighted by Crippen LogP contribution is -2.48. The van der Waals surface area contributed by atoms with Crippen LogP contribution in [0, 0.1) is 0 Å². The van der Waals surface area contributed by atoms with Gasteiger partial charge in [0.05, 0.1) is 18.9 Å². The first kappa shape index (κ1) is 23.4. The maximum absolute atomic E-state index is 12.6. The van der Waals surface area contributed by atoms with Crippen LogP contribution in [0.5, 0.6) is 17.2 Å². The number of nitrogens with zero attached hydrogens (tertiary/aromatic N) is 2. The third kappa shape index (κ3) is 6.12. The Labute approximate surface area is 187 Å². The van der Waals surface area contributed by atoms with Crippen molar-refractivity contribution >= 4 is 17.7 Å². The van der Waals surface area contributed by atoms with E-state index in [0.29, 0.717) is 45.0 Å². The van der Waals surface area contributed by atoms with Crippen LogP contribution in [0.1, 0.15) is 19.4 Å². The smallest absolute Gasteiger partial charge is 0.387 e. The first-order valence-electron chi connectivity index (χ1n) is 10.7. The van der Waals surface area contributed by atoms with Crippen LogP contribution in [0.25, 0.3) is 6.08 Å². The maximum Gasteiger partial charge on any atom is 0.387 e. The first-order valence-corrected chi connectivity index (χ1v) is 10.7. The highest BCUT2D eigenvalue weighted by atomic mass is 19.3. The van der Waals surface area contributed by atoms with E-state index in [1.165, 1.54) is 12.1 Å². The number of anilines is 1. The van der Waals surface area contributed by atoms with Gasteiger partial charge < -0.3 is 24.0 Å². The Bertz CT molecular complexity index is 928. The topological polar surface area (TPSA) is 51.2 Å². The van der Waals surface area contributed by atoms with E-state index in [4.69, 9.17) is 9.47 Å². The third-order valence-corrected chi connectivity index (χ3v) is 5.00. The fourth-order valence-electron chi connectivity index (χ4n) is 3.53. The molecule has 0 saturated carbocycles. The molecule has 0 unspecified atom stereocenters. The Balaban J connectivity index is 1.61. The number of carbonyl (C=O) groups is 1. The van der Waals surface area contributed by atoms with Crippen LogP contribution in [-0.4, -0.2) is 56.8 Å². The molecule has 1 aliphatic heterocycles. The number of ether oxygens (including phenoxy) is 3. The number of hydrogen-bond acceptors (Lipinski definition) is 5. The summed E-state index contributed by atoms with van der Waals surface area (Å²) in [5, 5.41) is 0. The molecule has 6 nitrogen and oxygen atoms in total. The predicted octanol–water partition coefficient (Wildman–Crippen LogP) is 4.45. The SMILES string of the molecule is CCOc1cc(/C=C/C(=O)N2CCN(c3ccccc3OCC)CC2)ccc1OC(F)F. The summed E-state index contributed by atoms with van der Waals surface area (Å²) in [4.78, 5) is 16.7. The molecule has 0 N–H and O–H groups in total. The van der Waals surface area contributed by atoms with E-state index >= 15 is 0 Å². The second kappa shape index (κ2) is 11.4. The summed E-state index contributed by atoms with van der Waals surface area (Å²) in [6.07, 6.45) is 3.14. The molecule has 8 heteroatoms. The average Bonchev–Trinajstić information content (AvgIpc) is 2.79. The Kier molecular flexibility index (Phi) is 8.30. The molecular formula is C24H28F2N2O4. The van der Waals surface area contributed by atoms with Crippen molar-refractivity contribution in [3.63, 3.8) is 0 Å². The van der Waals surface area contributed by atoms with Crippen molar-refractivity contribution < 1.29 is 27.8 Å². The zero-order chi connectivity index (χ0) is 22.9. The van der Waals surface area contributed by atoms with Gasteiger partial charge in [0, 0.05) is 32.3 Å². The number of piperazine rings is 1. The van der Waals surface area contributed by atoms with Gasteiger partial charge in [-0.15, -0.1) is 0 Å². The van der Waals surface area contributed by atoms with E-state index < -0.39 is 6.61 Å². The molecule has 3 rings (SSSR count). The molecule has 1 saturated heterocycles. The van der Waals surface area contributed by atoms with Gasteiger partial charge in [-0.2, -0.15) is 8.78 Å². The van der Waals surface area contributed by atoms with E-state index in [9.17, 15) is 13.6 Å². The molecule has 1 fully saturated rings. The fourth-order valence-corrected chi connectivity index (χ4v) is 3.53. The molecule has 0 aliphatic carbocycles. The molecule has 1 amide bonds. The van der Waals surface area contributed by atoms with Gasteiger partial charge in [0.1, 0.15) is 5.75 Å². The molecule has 32 heavy (non-hydrogen) atoms. The minimum absolute atomic E-state index is 0.0335. The zero-order valence-electron chi connectivity index (χ0n) is 18.3. The lowest BCUT2D eigenvalue weighted by atomic mass is 10.1. The largest absolute Gasteiger partial charge is 0.492 e. The van der Waals surface area contributed by atoms with Crippen LogP contribution in [0.3, 0.4) is 0 Å². The normalized spacial score (nSPS) is 14.2. The van der Waals surface area contributed by atoms with Crippen molar-refractivity contribution in [2.24, 2.45) is 0 Å². The van der Waals surface area contributed by atoms with Gasteiger partial charge in [-0.1, -0.05) is 18.2 Å². The van der Waals surface area contributed by atoms with Crippen LogP contribution in [-0.2, 0) is 4.79 Å². The second-order valence-corrected chi connectivity index (χ2v) is 7.06. The van der Waals surface area contributed by atoms with Crippen molar-refractivity contribution in [1.29, 1.82) is 0 Å². The van der Waals surface area contributed by atoms with Crippen LogP contribution in [0.2, 0.25) is 0 Å². The number of carbonyl (C=O) groups excluding carboxylic acids is 1. The molecule has 0 bridgehead atoms. The standard InChI is InChI=1S/C24H28F2N2O4/c1-3-30-20-8-6-5-7-19(20)27-13-15-28(16-14-27)23(29)12-10-18-9-11-21(32-24(25)26)22(17-18)31-4-2/h5-12,17,24H,3-4,13-16H2,1-2H3/b12-10+.